The maximum absolute atomic E-state index is 12.3. The van der Waals surface area contributed by atoms with Gasteiger partial charge in [0.15, 0.2) is 14.1 Å². The molecule has 3 heterocycles. The average Bonchev–Trinajstić information content (AvgIpc) is 3.44. The van der Waals surface area contributed by atoms with Gasteiger partial charge in [0.05, 0.1) is 69.8 Å². The smallest absolute Gasteiger partial charge is 0.192 e. The zero-order chi connectivity index (χ0) is 33.7. The summed E-state index contributed by atoms with van der Waals surface area (Å²) in [6.45, 7) is 18.4. The third kappa shape index (κ3) is 8.46. The second kappa shape index (κ2) is 14.8. The second-order valence-electron chi connectivity index (χ2n) is 13.9. The van der Waals surface area contributed by atoms with Crippen molar-refractivity contribution in [1.82, 2.24) is 24.7 Å². The molecule has 4 rings (SSSR count). The minimum Gasteiger partial charge on any atom is -0.490 e. The van der Waals surface area contributed by atoms with Gasteiger partial charge in [0.25, 0.3) is 0 Å². The maximum Gasteiger partial charge on any atom is 0.192 e. The Balaban J connectivity index is 1.76. The van der Waals surface area contributed by atoms with Crippen molar-refractivity contribution in [2.45, 2.75) is 96.2 Å². The monoisotopic (exact) mass is 666 g/mol. The number of hydrogen-bond donors (Lipinski definition) is 1. The van der Waals surface area contributed by atoms with Crippen LogP contribution in [0.5, 0.6) is 5.75 Å². The molecule has 1 unspecified atom stereocenters. The van der Waals surface area contributed by atoms with Gasteiger partial charge in [-0.2, -0.15) is 5.10 Å². The molecule has 4 aromatic rings. The number of fused-ring (bicyclic) bond motifs is 1. The van der Waals surface area contributed by atoms with E-state index in [0.717, 1.165) is 46.4 Å². The van der Waals surface area contributed by atoms with E-state index in [2.05, 4.69) is 51.8 Å². The summed E-state index contributed by atoms with van der Waals surface area (Å²) < 4.78 is 31.4. The van der Waals surface area contributed by atoms with Crippen LogP contribution in [0.4, 0.5) is 0 Å². The molecule has 0 saturated heterocycles. The van der Waals surface area contributed by atoms with Crippen LogP contribution in [-0.4, -0.2) is 62.3 Å². The van der Waals surface area contributed by atoms with Crippen LogP contribution in [0.25, 0.3) is 28.0 Å². The Hall–Kier alpha value is -3.03. The number of nitrogens with zero attached hydrogens (tertiary/aromatic N) is 5. The van der Waals surface area contributed by atoms with E-state index in [1.54, 1.807) is 30.4 Å². The predicted octanol–water partition coefficient (Wildman–Crippen LogP) is 7.10. The highest BCUT2D eigenvalue weighted by Crippen LogP contribution is 2.38. The number of aromatic nitrogens is 5. The lowest BCUT2D eigenvalue weighted by Gasteiger charge is -2.36. The summed E-state index contributed by atoms with van der Waals surface area (Å²) in [5, 5.41) is 11.5. The fourth-order valence-corrected chi connectivity index (χ4v) is 6.34. The van der Waals surface area contributed by atoms with Gasteiger partial charge in [-0.05, 0) is 69.1 Å². The van der Waals surface area contributed by atoms with Gasteiger partial charge >= 0.3 is 0 Å². The van der Waals surface area contributed by atoms with E-state index in [0.29, 0.717) is 37.8 Å². The maximum atomic E-state index is 12.3. The van der Waals surface area contributed by atoms with E-state index in [9.17, 15) is 4.21 Å². The molecule has 250 valence electrons. The molecule has 46 heavy (non-hydrogen) atoms. The largest absolute Gasteiger partial charge is 0.490 e. The first kappa shape index (κ1) is 35.8. The summed E-state index contributed by atoms with van der Waals surface area (Å²) in [6, 6.07) is 10.1. The fraction of sp³-hybridized carbons (Fsp3) is 0.529. The Bertz CT molecular complexity index is 1650. The molecule has 0 aliphatic heterocycles. The Morgan fingerprint density at radius 1 is 1.04 bits per heavy atom. The fourth-order valence-electron chi connectivity index (χ4n) is 5.03. The van der Waals surface area contributed by atoms with E-state index in [1.807, 2.05) is 38.1 Å². The van der Waals surface area contributed by atoms with E-state index >= 15 is 0 Å². The van der Waals surface area contributed by atoms with Crippen molar-refractivity contribution in [3.63, 3.8) is 0 Å². The number of hydrogen-bond acceptors (Lipinski definition) is 8. The summed E-state index contributed by atoms with van der Waals surface area (Å²) in [7, 11) is -1.76. The molecule has 0 aliphatic carbocycles. The van der Waals surface area contributed by atoms with Crippen molar-refractivity contribution >= 4 is 30.2 Å². The highest BCUT2D eigenvalue weighted by molar-refractivity contribution is 7.84. The molecule has 0 saturated carbocycles. The lowest BCUT2D eigenvalue weighted by Crippen LogP contribution is -2.40. The average molecular weight is 667 g/mol. The van der Waals surface area contributed by atoms with Gasteiger partial charge in [-0.15, -0.1) is 0 Å². The predicted molar refractivity (Wildman–Crippen MR) is 188 cm³/mol. The van der Waals surface area contributed by atoms with Gasteiger partial charge in [0.2, 0.25) is 0 Å². The summed E-state index contributed by atoms with van der Waals surface area (Å²) in [5.74, 6) is 1.39. The summed E-state index contributed by atoms with van der Waals surface area (Å²) in [6.07, 6.45) is 7.81. The summed E-state index contributed by atoms with van der Waals surface area (Å²) in [5.41, 5.74) is 4.20. The third-order valence-corrected chi connectivity index (χ3v) is 14.6. The van der Waals surface area contributed by atoms with Gasteiger partial charge in [0, 0.05) is 24.3 Å². The third-order valence-electron chi connectivity index (χ3n) is 8.88. The second-order valence-corrected chi connectivity index (χ2v) is 20.4. The number of rotatable bonds is 15. The molecule has 10 nitrogen and oxygen atoms in total. The quantitative estimate of drug-likeness (QED) is 0.105. The first-order chi connectivity index (χ1) is 21.7. The minimum absolute atomic E-state index is 0.0904. The number of methoxy groups -OCH3 is 1. The molecule has 2 atom stereocenters. The van der Waals surface area contributed by atoms with Crippen molar-refractivity contribution in [1.29, 1.82) is 0 Å². The summed E-state index contributed by atoms with van der Waals surface area (Å²) in [4.78, 5) is 14.5. The lowest BCUT2D eigenvalue weighted by atomic mass is 9.89. The molecule has 3 aromatic heterocycles. The lowest BCUT2D eigenvalue weighted by molar-refractivity contribution is 0.147. The molecule has 0 spiro atoms. The first-order valence-electron chi connectivity index (χ1n) is 15.9. The van der Waals surface area contributed by atoms with E-state index in [4.69, 9.17) is 34.1 Å². The Morgan fingerprint density at radius 2 is 1.80 bits per heavy atom. The SMILES string of the molecule is CCC[C@@H](CC(C)(C)S(N)=O)c1cccc(-c2cc(OCCOC)c3cnn(-c4cncc(CO[Si](C)(C)C(C)(C)C)n4)c3c2)n1. The van der Waals surface area contributed by atoms with Gasteiger partial charge in [-0.25, -0.2) is 13.9 Å². The molecule has 0 fully saturated rings. The molecular formula is C34H50N6O4SSi. The van der Waals surface area contributed by atoms with Crippen LogP contribution >= 0.6 is 0 Å². The van der Waals surface area contributed by atoms with Gasteiger partial charge in [0.1, 0.15) is 12.4 Å². The number of benzene rings is 1. The van der Waals surface area contributed by atoms with Crippen molar-refractivity contribution in [3.05, 3.63) is 60.3 Å². The number of ether oxygens (including phenoxy) is 2. The van der Waals surface area contributed by atoms with Crippen LogP contribution in [-0.2, 0) is 26.8 Å². The molecule has 2 N–H and O–H groups in total. The molecule has 0 aliphatic rings. The van der Waals surface area contributed by atoms with Crippen molar-refractivity contribution in [3.8, 4) is 22.8 Å². The minimum atomic E-state index is -1.97. The zero-order valence-electron chi connectivity index (χ0n) is 28.8. The molecule has 1 aromatic carbocycles. The zero-order valence-corrected chi connectivity index (χ0v) is 30.6. The van der Waals surface area contributed by atoms with Crippen molar-refractivity contribution in [2.75, 3.05) is 20.3 Å². The van der Waals surface area contributed by atoms with Crippen LogP contribution in [0, 0.1) is 0 Å². The van der Waals surface area contributed by atoms with Gasteiger partial charge < -0.3 is 13.9 Å². The highest BCUT2D eigenvalue weighted by Gasteiger charge is 2.37. The Morgan fingerprint density at radius 3 is 2.48 bits per heavy atom. The van der Waals surface area contributed by atoms with E-state index in [1.165, 1.54) is 0 Å². The van der Waals surface area contributed by atoms with Gasteiger partial charge in [-0.1, -0.05) is 40.2 Å². The Labute approximate surface area is 277 Å². The van der Waals surface area contributed by atoms with Crippen molar-refractivity contribution in [2.24, 2.45) is 5.14 Å². The topological polar surface area (TPSA) is 127 Å². The van der Waals surface area contributed by atoms with Crippen LogP contribution < -0.4 is 9.88 Å². The van der Waals surface area contributed by atoms with Crippen molar-refractivity contribution < 1.29 is 18.1 Å². The molecule has 0 amide bonds. The van der Waals surface area contributed by atoms with Crippen LogP contribution in [0.3, 0.4) is 0 Å². The van der Waals surface area contributed by atoms with E-state index in [-0.39, 0.29) is 11.0 Å². The Kier molecular flexibility index (Phi) is 11.5. The molecule has 12 heteroatoms. The van der Waals surface area contributed by atoms with Crippen LogP contribution in [0.1, 0.15) is 78.1 Å². The van der Waals surface area contributed by atoms with Crippen LogP contribution in [0.15, 0.2) is 48.9 Å². The molecule has 0 radical (unpaired) electrons. The first-order valence-corrected chi connectivity index (χ1v) is 20.0. The number of pyridine rings is 1. The van der Waals surface area contributed by atoms with Crippen LogP contribution in [0.2, 0.25) is 18.1 Å². The standard InChI is InChI=1S/C34H50N6O4SSi/c1-10-12-24(19-34(5,6)45(35)41)28-13-11-14-29(39-28)25-17-30-27(31(18-25)43-16-15-42-7)21-37-40(30)32-22-36-20-26(38-32)23-44-46(8,9)33(2,3)4/h11,13-14,17-18,20-22,24H,10,12,15-16,19,23,35H2,1-9H3/t24-,45?/m0/s1. The normalized spacial score (nSPS) is 14.0. The molecule has 0 bridgehead atoms. The highest BCUT2D eigenvalue weighted by atomic mass is 32.2. The number of nitrogens with two attached hydrogens (primary N) is 1. The summed E-state index contributed by atoms with van der Waals surface area (Å²) >= 11 is 0. The van der Waals surface area contributed by atoms with Gasteiger partial charge in [-0.3, -0.25) is 15.1 Å². The molecular weight excluding hydrogens is 617 g/mol. The van der Waals surface area contributed by atoms with E-state index < -0.39 is 24.1 Å².